The molecule has 0 aliphatic rings. The predicted molar refractivity (Wildman–Crippen MR) is 59.2 cm³/mol. The first-order valence-electron chi connectivity index (χ1n) is 4.28. The van der Waals surface area contributed by atoms with Crippen LogP contribution in [0.2, 0.25) is 19.6 Å². The summed E-state index contributed by atoms with van der Waals surface area (Å²) >= 11 is 2.07. The van der Waals surface area contributed by atoms with E-state index in [4.69, 9.17) is 5.73 Å². The summed E-state index contributed by atoms with van der Waals surface area (Å²) in [6, 6.07) is 6.33. The monoisotopic (exact) mass is 171 g/mol. The molecule has 0 saturated carbocycles. The van der Waals surface area contributed by atoms with Crippen LogP contribution in [0.1, 0.15) is 0 Å². The summed E-state index contributed by atoms with van der Waals surface area (Å²) in [7, 11) is -1.23. The van der Waals surface area contributed by atoms with Gasteiger partial charge in [-0.2, -0.15) is 0 Å². The van der Waals surface area contributed by atoms with Crippen LogP contribution in [0.3, 0.4) is 0 Å². The van der Waals surface area contributed by atoms with Crippen molar-refractivity contribution in [1.29, 1.82) is 0 Å². The zero-order valence-corrected chi connectivity index (χ0v) is 9.31. The van der Waals surface area contributed by atoms with Crippen LogP contribution in [0.4, 0.5) is 5.69 Å². The molecule has 2 N–H and O–H groups in total. The van der Waals surface area contributed by atoms with Crippen molar-refractivity contribution in [3.63, 3.8) is 0 Å². The number of hydrogen-bond donors (Lipinski definition) is 1. The van der Waals surface area contributed by atoms with Crippen molar-refractivity contribution in [2.24, 2.45) is 0 Å². The van der Waals surface area contributed by atoms with Gasteiger partial charge < -0.3 is 0 Å². The Morgan fingerprint density at radius 3 is 2.25 bits per heavy atom. The van der Waals surface area contributed by atoms with E-state index < -0.39 is 8.07 Å². The van der Waals surface area contributed by atoms with E-state index in [-0.39, 0.29) is 0 Å². The van der Waals surface area contributed by atoms with Crippen molar-refractivity contribution < 1.29 is 0 Å². The number of rotatable bonds is 1. The minimum atomic E-state index is -1.23. The number of nitrogens with two attached hydrogens (primary N) is 1. The van der Waals surface area contributed by atoms with Gasteiger partial charge in [0, 0.05) is 0 Å². The summed E-state index contributed by atoms with van der Waals surface area (Å²) in [5.74, 6) is 0. The van der Waals surface area contributed by atoms with E-state index in [0.717, 1.165) is 5.69 Å². The van der Waals surface area contributed by atoms with Crippen LogP contribution in [0.25, 0.3) is 0 Å². The average Bonchev–Trinajstić information content (AvgIpc) is 1.92. The van der Waals surface area contributed by atoms with Gasteiger partial charge in [0.2, 0.25) is 0 Å². The molecule has 60 valence electrons. The third kappa shape index (κ3) is 1.95. The normalized spacial score (nSPS) is 11.8. The van der Waals surface area contributed by atoms with Crippen molar-refractivity contribution in [1.82, 2.24) is 0 Å². The maximum absolute atomic E-state index is 6.00. The van der Waals surface area contributed by atoms with Gasteiger partial charge in [0.25, 0.3) is 0 Å². The van der Waals surface area contributed by atoms with Crippen LogP contribution < -0.4 is 15.2 Å². The molecule has 1 rings (SSSR count). The minimum absolute atomic E-state index is 0.997. The molecule has 0 radical (unpaired) electrons. The Balaban J connectivity index is 3.26. The Labute approximate surface area is 84.6 Å². The van der Waals surface area contributed by atoms with Crippen molar-refractivity contribution >= 4 is 40.9 Å². The third-order valence-corrected chi connectivity index (χ3v) is 4.18. The molecule has 0 amide bonds. The summed E-state index contributed by atoms with van der Waals surface area (Å²) < 4.78 is 1.20. The SMILES string of the molecule is [Li][c]1cccc([Si](C)(C)C)c1N. The van der Waals surface area contributed by atoms with Gasteiger partial charge in [-0.25, -0.2) is 0 Å². The molecule has 0 bridgehead atoms. The van der Waals surface area contributed by atoms with Gasteiger partial charge in [0.05, 0.1) is 0 Å². The average molecular weight is 171 g/mol. The zero-order chi connectivity index (χ0) is 9.35. The van der Waals surface area contributed by atoms with Gasteiger partial charge in [-0.3, -0.25) is 0 Å². The fourth-order valence-corrected chi connectivity index (χ4v) is 2.94. The second-order valence-electron chi connectivity index (χ2n) is 4.29. The number of anilines is 1. The number of nitrogen functional groups attached to an aromatic ring is 1. The summed E-state index contributed by atoms with van der Waals surface area (Å²) in [6.45, 7) is 6.95. The van der Waals surface area contributed by atoms with Gasteiger partial charge >= 0.3 is 84.5 Å². The summed E-state index contributed by atoms with van der Waals surface area (Å²) in [5.41, 5.74) is 7.00. The van der Waals surface area contributed by atoms with Crippen LogP contribution in [0, 0.1) is 0 Å². The van der Waals surface area contributed by atoms with Crippen LogP contribution in [0.15, 0.2) is 18.2 Å². The molecule has 0 aromatic heterocycles. The Morgan fingerprint density at radius 2 is 1.83 bits per heavy atom. The zero-order valence-electron chi connectivity index (χ0n) is 8.31. The van der Waals surface area contributed by atoms with Gasteiger partial charge in [0.15, 0.2) is 0 Å². The molecule has 0 aliphatic heterocycles. The van der Waals surface area contributed by atoms with Crippen molar-refractivity contribution in [3.8, 4) is 0 Å². The summed E-state index contributed by atoms with van der Waals surface area (Å²) in [5, 5.41) is 1.38. The molecule has 1 aromatic rings. The first-order chi connectivity index (χ1) is 5.43. The second-order valence-corrected chi connectivity index (χ2v) is 9.32. The summed E-state index contributed by atoms with van der Waals surface area (Å²) in [4.78, 5) is 0. The van der Waals surface area contributed by atoms with E-state index in [9.17, 15) is 0 Å². The fourth-order valence-electron chi connectivity index (χ4n) is 1.33. The van der Waals surface area contributed by atoms with E-state index in [1.807, 2.05) is 0 Å². The molecule has 0 heterocycles. The first-order valence-corrected chi connectivity index (χ1v) is 7.78. The maximum atomic E-state index is 6.00. The van der Waals surface area contributed by atoms with Gasteiger partial charge in [-0.15, -0.1) is 0 Å². The topological polar surface area (TPSA) is 26.0 Å². The Bertz CT molecular complexity index is 291. The van der Waals surface area contributed by atoms with E-state index in [0.29, 0.717) is 0 Å². The van der Waals surface area contributed by atoms with Crippen molar-refractivity contribution in [3.05, 3.63) is 18.2 Å². The molecular weight excluding hydrogens is 157 g/mol. The standard InChI is InChI=1S/C9H14NSi.Li/c1-11(2,3)9-7-5-4-6-8(9)10;/h4-5,7H,10H2,1-3H3;. The van der Waals surface area contributed by atoms with E-state index in [1.165, 1.54) is 9.42 Å². The van der Waals surface area contributed by atoms with E-state index in [1.54, 1.807) is 0 Å². The molecule has 1 nitrogen and oxygen atoms in total. The van der Waals surface area contributed by atoms with Crippen LogP contribution >= 0.6 is 0 Å². The van der Waals surface area contributed by atoms with Crippen molar-refractivity contribution in [2.45, 2.75) is 19.6 Å². The second kappa shape index (κ2) is 3.29. The Hall–Kier alpha value is -0.166. The van der Waals surface area contributed by atoms with Crippen LogP contribution in [-0.2, 0) is 0 Å². The van der Waals surface area contributed by atoms with E-state index >= 15 is 0 Å². The van der Waals surface area contributed by atoms with Crippen LogP contribution in [-0.4, -0.2) is 25.8 Å². The summed E-state index contributed by atoms with van der Waals surface area (Å²) in [6.07, 6.45) is 0. The number of hydrogen-bond acceptors (Lipinski definition) is 1. The molecule has 0 spiro atoms. The number of benzene rings is 1. The quantitative estimate of drug-likeness (QED) is 0.486. The Kier molecular flexibility index (Phi) is 2.72. The third-order valence-electron chi connectivity index (χ3n) is 2.13. The van der Waals surface area contributed by atoms with Gasteiger partial charge in [-0.05, 0) is 0 Å². The molecule has 0 unspecified atom stereocenters. The molecule has 3 heteroatoms. The molecule has 0 saturated heterocycles. The molecule has 1 aromatic carbocycles. The molecular formula is C9H14LiNSi. The van der Waals surface area contributed by atoms with Gasteiger partial charge in [-0.1, -0.05) is 0 Å². The van der Waals surface area contributed by atoms with Crippen molar-refractivity contribution in [2.75, 3.05) is 5.73 Å². The van der Waals surface area contributed by atoms with E-state index in [2.05, 4.69) is 55.6 Å². The molecule has 0 fully saturated rings. The molecule has 12 heavy (non-hydrogen) atoms. The Morgan fingerprint density at radius 1 is 1.25 bits per heavy atom. The molecule has 0 atom stereocenters. The van der Waals surface area contributed by atoms with Gasteiger partial charge in [0.1, 0.15) is 0 Å². The number of para-hydroxylation sites is 1. The predicted octanol–water partition coefficient (Wildman–Crippen LogP) is 0.608. The molecule has 0 aliphatic carbocycles. The fraction of sp³-hybridized carbons (Fsp3) is 0.333. The van der Waals surface area contributed by atoms with Crippen LogP contribution in [0.5, 0.6) is 0 Å². The first kappa shape index (κ1) is 9.92.